The van der Waals surface area contributed by atoms with Crippen LogP contribution in [0.3, 0.4) is 0 Å². The molecule has 0 saturated carbocycles. The molecule has 24 heavy (non-hydrogen) atoms. The van der Waals surface area contributed by atoms with E-state index in [1.165, 1.54) is 33.4 Å². The van der Waals surface area contributed by atoms with Gasteiger partial charge in [-0.15, -0.1) is 0 Å². The molecule has 0 bridgehead atoms. The van der Waals surface area contributed by atoms with Gasteiger partial charge in [-0.3, -0.25) is 0 Å². The summed E-state index contributed by atoms with van der Waals surface area (Å²) in [5.41, 5.74) is 19.6. The summed E-state index contributed by atoms with van der Waals surface area (Å²) in [5.74, 6) is 0. The lowest BCUT2D eigenvalue weighted by Crippen LogP contribution is -2.09. The molecule has 0 heterocycles. The van der Waals surface area contributed by atoms with Crippen LogP contribution in [0.5, 0.6) is 0 Å². The lowest BCUT2D eigenvalue weighted by molar-refractivity contribution is 0.961. The SMILES string of the molecule is NCc1cc(CN)c(Cc2ccccc2)cc1Cc1ccccc1. The Labute approximate surface area is 144 Å². The highest BCUT2D eigenvalue weighted by atomic mass is 14.5. The van der Waals surface area contributed by atoms with E-state index in [1.54, 1.807) is 0 Å². The summed E-state index contributed by atoms with van der Waals surface area (Å²) < 4.78 is 0. The van der Waals surface area contributed by atoms with Gasteiger partial charge in [0, 0.05) is 13.1 Å². The number of hydrogen-bond acceptors (Lipinski definition) is 2. The summed E-state index contributed by atoms with van der Waals surface area (Å²) in [5, 5.41) is 0. The van der Waals surface area contributed by atoms with Crippen molar-refractivity contribution in [2.24, 2.45) is 11.5 Å². The van der Waals surface area contributed by atoms with Gasteiger partial charge < -0.3 is 11.5 Å². The molecular formula is C22H24N2. The first-order valence-electron chi connectivity index (χ1n) is 8.41. The third-order valence-corrected chi connectivity index (χ3v) is 4.44. The summed E-state index contributed by atoms with van der Waals surface area (Å²) in [6, 6.07) is 25.5. The number of rotatable bonds is 6. The van der Waals surface area contributed by atoms with Gasteiger partial charge >= 0.3 is 0 Å². The molecule has 0 radical (unpaired) electrons. The first-order valence-corrected chi connectivity index (χ1v) is 8.41. The van der Waals surface area contributed by atoms with E-state index < -0.39 is 0 Å². The van der Waals surface area contributed by atoms with E-state index in [2.05, 4.69) is 60.7 Å². The zero-order valence-electron chi connectivity index (χ0n) is 13.9. The monoisotopic (exact) mass is 316 g/mol. The minimum atomic E-state index is 0.542. The van der Waals surface area contributed by atoms with E-state index in [-0.39, 0.29) is 0 Å². The topological polar surface area (TPSA) is 52.0 Å². The van der Waals surface area contributed by atoms with Gasteiger partial charge in [0.1, 0.15) is 0 Å². The van der Waals surface area contributed by atoms with E-state index in [9.17, 15) is 0 Å². The molecule has 0 amide bonds. The first kappa shape index (κ1) is 16.4. The molecule has 0 unspecified atom stereocenters. The van der Waals surface area contributed by atoms with Gasteiger partial charge in [0.05, 0.1) is 0 Å². The van der Waals surface area contributed by atoms with Crippen LogP contribution in [0.15, 0.2) is 72.8 Å². The van der Waals surface area contributed by atoms with E-state index in [0.717, 1.165) is 12.8 Å². The summed E-state index contributed by atoms with van der Waals surface area (Å²) >= 11 is 0. The Morgan fingerprint density at radius 2 is 0.875 bits per heavy atom. The Hall–Kier alpha value is -2.42. The highest BCUT2D eigenvalue weighted by molar-refractivity contribution is 5.43. The molecule has 0 atom stereocenters. The smallest absolute Gasteiger partial charge is 0.0181 e. The standard InChI is InChI=1S/C22H24N2/c23-15-21-14-22(16-24)20(12-18-9-5-2-6-10-18)13-19(21)11-17-7-3-1-4-8-17/h1-10,13-14H,11-12,15-16,23-24H2. The maximum absolute atomic E-state index is 5.99. The van der Waals surface area contributed by atoms with Crippen molar-refractivity contribution in [3.8, 4) is 0 Å². The molecule has 122 valence electrons. The van der Waals surface area contributed by atoms with Crippen molar-refractivity contribution in [2.75, 3.05) is 0 Å². The largest absolute Gasteiger partial charge is 0.326 e. The van der Waals surface area contributed by atoms with Crippen molar-refractivity contribution >= 4 is 0 Å². The number of nitrogens with two attached hydrogens (primary N) is 2. The zero-order valence-corrected chi connectivity index (χ0v) is 13.9. The van der Waals surface area contributed by atoms with Crippen LogP contribution in [-0.4, -0.2) is 0 Å². The molecule has 0 aliphatic rings. The molecule has 0 aliphatic heterocycles. The Morgan fingerprint density at radius 3 is 1.25 bits per heavy atom. The van der Waals surface area contributed by atoms with Gasteiger partial charge in [0.25, 0.3) is 0 Å². The van der Waals surface area contributed by atoms with Crippen molar-refractivity contribution in [1.29, 1.82) is 0 Å². The molecule has 2 heteroatoms. The van der Waals surface area contributed by atoms with Gasteiger partial charge in [-0.2, -0.15) is 0 Å². The molecule has 2 nitrogen and oxygen atoms in total. The van der Waals surface area contributed by atoms with Crippen molar-refractivity contribution in [1.82, 2.24) is 0 Å². The molecule has 3 aromatic carbocycles. The van der Waals surface area contributed by atoms with Gasteiger partial charge in [0.2, 0.25) is 0 Å². The summed E-state index contributed by atoms with van der Waals surface area (Å²) in [7, 11) is 0. The molecule has 3 aromatic rings. The summed E-state index contributed by atoms with van der Waals surface area (Å²) in [4.78, 5) is 0. The van der Waals surface area contributed by atoms with Crippen LogP contribution in [0.4, 0.5) is 0 Å². The van der Waals surface area contributed by atoms with Crippen LogP contribution in [0.2, 0.25) is 0 Å². The third-order valence-electron chi connectivity index (χ3n) is 4.44. The molecule has 0 fully saturated rings. The first-order chi connectivity index (χ1) is 11.8. The molecule has 3 rings (SSSR count). The molecular weight excluding hydrogens is 292 g/mol. The predicted octanol–water partition coefficient (Wildman–Crippen LogP) is 3.79. The van der Waals surface area contributed by atoms with Crippen LogP contribution >= 0.6 is 0 Å². The van der Waals surface area contributed by atoms with Gasteiger partial charge in [-0.05, 0) is 46.2 Å². The Morgan fingerprint density at radius 1 is 0.500 bits per heavy atom. The summed E-state index contributed by atoms with van der Waals surface area (Å²) in [6.45, 7) is 1.08. The van der Waals surface area contributed by atoms with E-state index >= 15 is 0 Å². The van der Waals surface area contributed by atoms with Crippen LogP contribution < -0.4 is 11.5 Å². The second-order valence-electron chi connectivity index (χ2n) is 6.12. The quantitative estimate of drug-likeness (QED) is 0.727. The maximum Gasteiger partial charge on any atom is 0.0181 e. The lowest BCUT2D eigenvalue weighted by atomic mass is 9.91. The van der Waals surface area contributed by atoms with E-state index in [4.69, 9.17) is 11.5 Å². The van der Waals surface area contributed by atoms with Gasteiger partial charge in [-0.25, -0.2) is 0 Å². The Balaban J connectivity index is 1.97. The highest BCUT2D eigenvalue weighted by Crippen LogP contribution is 2.22. The fourth-order valence-electron chi connectivity index (χ4n) is 3.13. The minimum Gasteiger partial charge on any atom is -0.326 e. The molecule has 0 aliphatic carbocycles. The van der Waals surface area contributed by atoms with E-state index in [0.29, 0.717) is 13.1 Å². The normalized spacial score (nSPS) is 10.8. The third kappa shape index (κ3) is 3.91. The summed E-state index contributed by atoms with van der Waals surface area (Å²) in [6.07, 6.45) is 1.81. The van der Waals surface area contributed by atoms with Crippen molar-refractivity contribution in [2.45, 2.75) is 25.9 Å². The molecule has 0 spiro atoms. The average molecular weight is 316 g/mol. The average Bonchev–Trinajstić information content (AvgIpc) is 2.64. The number of benzene rings is 3. The van der Waals surface area contributed by atoms with Crippen LogP contribution in [0, 0.1) is 0 Å². The Bertz CT molecular complexity index is 715. The predicted molar refractivity (Wildman–Crippen MR) is 101 cm³/mol. The minimum absolute atomic E-state index is 0.542. The fourth-order valence-corrected chi connectivity index (χ4v) is 3.13. The molecule has 0 aromatic heterocycles. The van der Waals surface area contributed by atoms with Crippen LogP contribution in [0.25, 0.3) is 0 Å². The van der Waals surface area contributed by atoms with E-state index in [1.807, 2.05) is 12.1 Å². The Kier molecular flexibility index (Phi) is 5.42. The van der Waals surface area contributed by atoms with Crippen LogP contribution in [0.1, 0.15) is 33.4 Å². The highest BCUT2D eigenvalue weighted by Gasteiger charge is 2.10. The lowest BCUT2D eigenvalue weighted by Gasteiger charge is -2.15. The fraction of sp³-hybridized carbons (Fsp3) is 0.182. The molecule has 4 N–H and O–H groups in total. The van der Waals surface area contributed by atoms with Crippen molar-refractivity contribution < 1.29 is 0 Å². The van der Waals surface area contributed by atoms with Gasteiger partial charge in [-0.1, -0.05) is 72.8 Å². The second-order valence-corrected chi connectivity index (χ2v) is 6.12. The zero-order chi connectivity index (χ0) is 16.8. The van der Waals surface area contributed by atoms with Crippen LogP contribution in [-0.2, 0) is 25.9 Å². The molecule has 0 saturated heterocycles. The van der Waals surface area contributed by atoms with Crippen molar-refractivity contribution in [3.05, 3.63) is 106 Å². The number of hydrogen-bond donors (Lipinski definition) is 2. The van der Waals surface area contributed by atoms with Gasteiger partial charge in [0.15, 0.2) is 0 Å². The second kappa shape index (κ2) is 7.91. The maximum atomic E-state index is 5.99. The van der Waals surface area contributed by atoms with Crippen molar-refractivity contribution in [3.63, 3.8) is 0 Å².